The Kier molecular flexibility index (Phi) is 6.07. The van der Waals surface area contributed by atoms with Gasteiger partial charge in [-0.05, 0) is 36.5 Å². The molecule has 16 heavy (non-hydrogen) atoms. The monoisotopic (exact) mass is 283 g/mol. The Morgan fingerprint density at radius 2 is 1.56 bits per heavy atom. The summed E-state index contributed by atoms with van der Waals surface area (Å²) in [5, 5.41) is 0. The van der Waals surface area contributed by atoms with E-state index < -0.39 is 0 Å². The van der Waals surface area contributed by atoms with Gasteiger partial charge in [-0.15, -0.1) is 0 Å². The van der Waals surface area contributed by atoms with Gasteiger partial charge in [-0.3, -0.25) is 0 Å². The van der Waals surface area contributed by atoms with Crippen molar-refractivity contribution in [3.8, 4) is 0 Å². The number of benzene rings is 1. The molecule has 0 amide bonds. The maximum atomic E-state index is 6.35. The summed E-state index contributed by atoms with van der Waals surface area (Å²) in [5.41, 5.74) is 7.61. The van der Waals surface area contributed by atoms with E-state index >= 15 is 0 Å². The molecule has 1 rings (SSSR count). The van der Waals surface area contributed by atoms with Crippen molar-refractivity contribution in [2.45, 2.75) is 45.6 Å². The highest BCUT2D eigenvalue weighted by Gasteiger charge is 2.17. The topological polar surface area (TPSA) is 26.0 Å². The summed E-state index contributed by atoms with van der Waals surface area (Å²) in [4.78, 5) is 0. The van der Waals surface area contributed by atoms with E-state index in [9.17, 15) is 0 Å². The second-order valence-corrected chi connectivity index (χ2v) is 5.33. The van der Waals surface area contributed by atoms with Crippen LogP contribution < -0.4 is 5.73 Å². The third kappa shape index (κ3) is 3.91. The summed E-state index contributed by atoms with van der Waals surface area (Å²) in [6.07, 6.45) is 4.89. The first kappa shape index (κ1) is 13.7. The minimum absolute atomic E-state index is 0.188. The van der Waals surface area contributed by atoms with Crippen molar-refractivity contribution in [3.05, 3.63) is 34.3 Å². The van der Waals surface area contributed by atoms with E-state index in [4.69, 9.17) is 5.73 Å². The van der Waals surface area contributed by atoms with Gasteiger partial charge in [0.25, 0.3) is 0 Å². The molecule has 0 spiro atoms. The fourth-order valence-corrected chi connectivity index (χ4v) is 2.47. The van der Waals surface area contributed by atoms with Crippen molar-refractivity contribution in [3.63, 3.8) is 0 Å². The van der Waals surface area contributed by atoms with E-state index in [1.54, 1.807) is 0 Å². The number of hydrogen-bond donors (Lipinski definition) is 1. The van der Waals surface area contributed by atoms with Gasteiger partial charge in [0, 0.05) is 10.5 Å². The Labute approximate surface area is 108 Å². The summed E-state index contributed by atoms with van der Waals surface area (Å²) >= 11 is 3.45. The van der Waals surface area contributed by atoms with Crippen LogP contribution in [0.3, 0.4) is 0 Å². The Morgan fingerprint density at radius 3 is 2.00 bits per heavy atom. The summed E-state index contributed by atoms with van der Waals surface area (Å²) in [5.74, 6) is 0.621. The van der Waals surface area contributed by atoms with E-state index in [0.29, 0.717) is 5.92 Å². The molecular weight excluding hydrogens is 262 g/mol. The zero-order valence-electron chi connectivity index (χ0n) is 10.2. The molecule has 0 bridgehead atoms. The third-order valence-corrected chi connectivity index (χ3v) is 3.61. The lowest BCUT2D eigenvalue weighted by atomic mass is 9.87. The van der Waals surface area contributed by atoms with Gasteiger partial charge < -0.3 is 5.73 Å². The minimum atomic E-state index is 0.188. The molecule has 1 nitrogen and oxygen atoms in total. The van der Waals surface area contributed by atoms with Crippen molar-refractivity contribution in [1.29, 1.82) is 0 Å². The Balaban J connectivity index is 2.72. The lowest BCUT2D eigenvalue weighted by molar-refractivity contribution is 0.368. The smallest absolute Gasteiger partial charge is 0.0323 e. The summed E-state index contributed by atoms with van der Waals surface area (Å²) in [7, 11) is 0. The second kappa shape index (κ2) is 7.08. The highest BCUT2D eigenvalue weighted by atomic mass is 79.9. The quantitative estimate of drug-likeness (QED) is 0.807. The molecule has 1 aromatic carbocycles. The SMILES string of the molecule is CCCC(CCC)C(N)c1ccc(Br)cc1. The van der Waals surface area contributed by atoms with E-state index in [-0.39, 0.29) is 6.04 Å². The van der Waals surface area contributed by atoms with Crippen LogP contribution in [-0.2, 0) is 0 Å². The predicted octanol–water partition coefficient (Wildman–Crippen LogP) is 4.67. The van der Waals surface area contributed by atoms with Gasteiger partial charge in [0.1, 0.15) is 0 Å². The molecule has 0 saturated heterocycles. The van der Waals surface area contributed by atoms with Crippen LogP contribution in [0.25, 0.3) is 0 Å². The summed E-state index contributed by atoms with van der Waals surface area (Å²) < 4.78 is 1.12. The van der Waals surface area contributed by atoms with Crippen LogP contribution in [-0.4, -0.2) is 0 Å². The van der Waals surface area contributed by atoms with E-state index in [2.05, 4.69) is 54.0 Å². The van der Waals surface area contributed by atoms with Crippen LogP contribution in [0.1, 0.15) is 51.1 Å². The van der Waals surface area contributed by atoms with Crippen molar-refractivity contribution in [1.82, 2.24) is 0 Å². The first-order chi connectivity index (χ1) is 7.69. The van der Waals surface area contributed by atoms with Crippen LogP contribution in [0.2, 0.25) is 0 Å². The van der Waals surface area contributed by atoms with Crippen molar-refractivity contribution in [2.24, 2.45) is 11.7 Å². The molecular formula is C14H22BrN. The minimum Gasteiger partial charge on any atom is -0.324 e. The highest BCUT2D eigenvalue weighted by molar-refractivity contribution is 9.10. The number of hydrogen-bond acceptors (Lipinski definition) is 1. The standard InChI is InChI=1S/C14H22BrN/c1-3-5-11(6-4-2)14(16)12-7-9-13(15)10-8-12/h7-11,14H,3-6,16H2,1-2H3. The van der Waals surface area contributed by atoms with E-state index in [0.717, 1.165) is 4.47 Å². The lowest BCUT2D eigenvalue weighted by Gasteiger charge is -2.23. The van der Waals surface area contributed by atoms with Crippen LogP contribution in [0.4, 0.5) is 0 Å². The number of rotatable bonds is 6. The van der Waals surface area contributed by atoms with Crippen LogP contribution in [0.5, 0.6) is 0 Å². The largest absolute Gasteiger partial charge is 0.324 e. The molecule has 0 radical (unpaired) electrons. The highest BCUT2D eigenvalue weighted by Crippen LogP contribution is 2.28. The first-order valence-electron chi connectivity index (χ1n) is 6.20. The fraction of sp³-hybridized carbons (Fsp3) is 0.571. The molecule has 0 saturated carbocycles. The van der Waals surface area contributed by atoms with Crippen LogP contribution >= 0.6 is 15.9 Å². The molecule has 1 atom stereocenters. The number of nitrogens with two attached hydrogens (primary N) is 1. The lowest BCUT2D eigenvalue weighted by Crippen LogP contribution is -2.21. The molecule has 0 aromatic heterocycles. The zero-order chi connectivity index (χ0) is 12.0. The maximum Gasteiger partial charge on any atom is 0.0323 e. The molecule has 0 heterocycles. The summed E-state index contributed by atoms with van der Waals surface area (Å²) in [6.45, 7) is 4.47. The maximum absolute atomic E-state index is 6.35. The molecule has 0 aliphatic carbocycles. The van der Waals surface area contributed by atoms with Crippen molar-refractivity contribution < 1.29 is 0 Å². The van der Waals surface area contributed by atoms with Crippen LogP contribution in [0.15, 0.2) is 28.7 Å². The third-order valence-electron chi connectivity index (χ3n) is 3.08. The first-order valence-corrected chi connectivity index (χ1v) is 6.99. The number of halogens is 1. The Hall–Kier alpha value is -0.340. The second-order valence-electron chi connectivity index (χ2n) is 4.41. The molecule has 2 heteroatoms. The molecule has 1 unspecified atom stereocenters. The molecule has 0 aliphatic heterocycles. The molecule has 90 valence electrons. The fourth-order valence-electron chi connectivity index (χ4n) is 2.20. The zero-order valence-corrected chi connectivity index (χ0v) is 11.8. The van der Waals surface area contributed by atoms with Crippen LogP contribution in [0, 0.1) is 5.92 Å². The molecule has 2 N–H and O–H groups in total. The van der Waals surface area contributed by atoms with Gasteiger partial charge in [0.05, 0.1) is 0 Å². The van der Waals surface area contributed by atoms with Gasteiger partial charge >= 0.3 is 0 Å². The Morgan fingerprint density at radius 1 is 1.06 bits per heavy atom. The van der Waals surface area contributed by atoms with E-state index in [1.807, 2.05) is 0 Å². The van der Waals surface area contributed by atoms with Gasteiger partial charge in [-0.1, -0.05) is 54.8 Å². The van der Waals surface area contributed by atoms with Crippen molar-refractivity contribution >= 4 is 15.9 Å². The average molecular weight is 284 g/mol. The van der Waals surface area contributed by atoms with Crippen molar-refractivity contribution in [2.75, 3.05) is 0 Å². The van der Waals surface area contributed by atoms with Gasteiger partial charge in [0.2, 0.25) is 0 Å². The van der Waals surface area contributed by atoms with Gasteiger partial charge in [-0.2, -0.15) is 0 Å². The average Bonchev–Trinajstić information content (AvgIpc) is 2.29. The molecule has 0 fully saturated rings. The normalized spacial score (nSPS) is 13.1. The molecule has 1 aromatic rings. The van der Waals surface area contributed by atoms with Gasteiger partial charge in [-0.25, -0.2) is 0 Å². The molecule has 0 aliphatic rings. The summed E-state index contributed by atoms with van der Waals surface area (Å²) in [6, 6.07) is 8.60. The van der Waals surface area contributed by atoms with E-state index in [1.165, 1.54) is 31.2 Å². The predicted molar refractivity (Wildman–Crippen MR) is 74.4 cm³/mol. The Bertz CT molecular complexity index is 288. The van der Waals surface area contributed by atoms with Gasteiger partial charge in [0.15, 0.2) is 0 Å².